The summed E-state index contributed by atoms with van der Waals surface area (Å²) in [6.45, 7) is 3.91. The molecule has 1 heterocycles. The molecule has 4 heteroatoms. The molecule has 23 heavy (non-hydrogen) atoms. The molecule has 4 nitrogen and oxygen atoms in total. The normalized spacial score (nSPS) is 17.4. The standard InChI is InChI=1S/C19H25NO3/c1-2-13-20(14-6-9-16-7-4-3-5-8-16)18(21)11-10-17-12-15-23-19(17)22/h3-9,17H,2,10-15H2,1H3/b9-6+/t17-/m1/s1. The van der Waals surface area contributed by atoms with Crippen molar-refractivity contribution in [2.75, 3.05) is 19.7 Å². The van der Waals surface area contributed by atoms with Crippen molar-refractivity contribution < 1.29 is 14.3 Å². The topological polar surface area (TPSA) is 46.6 Å². The lowest BCUT2D eigenvalue weighted by atomic mass is 10.0. The van der Waals surface area contributed by atoms with Gasteiger partial charge in [0.2, 0.25) is 5.91 Å². The maximum Gasteiger partial charge on any atom is 0.309 e. The highest BCUT2D eigenvalue weighted by atomic mass is 16.5. The summed E-state index contributed by atoms with van der Waals surface area (Å²) in [7, 11) is 0. The molecule has 1 aromatic rings. The molecule has 0 aliphatic carbocycles. The van der Waals surface area contributed by atoms with Crippen LogP contribution in [0.25, 0.3) is 6.08 Å². The Labute approximate surface area is 138 Å². The second-order valence-corrected chi connectivity index (χ2v) is 5.84. The average Bonchev–Trinajstić information content (AvgIpc) is 2.98. The second-order valence-electron chi connectivity index (χ2n) is 5.84. The fraction of sp³-hybridized carbons (Fsp3) is 0.474. The van der Waals surface area contributed by atoms with Crippen LogP contribution in [0.4, 0.5) is 0 Å². The molecule has 1 saturated heterocycles. The third-order valence-electron chi connectivity index (χ3n) is 4.03. The molecule has 1 amide bonds. The zero-order valence-electron chi connectivity index (χ0n) is 13.7. The van der Waals surface area contributed by atoms with E-state index in [2.05, 4.69) is 6.92 Å². The number of carbonyl (C=O) groups is 2. The van der Waals surface area contributed by atoms with Gasteiger partial charge in [0.15, 0.2) is 0 Å². The predicted octanol–water partition coefficient (Wildman–Crippen LogP) is 3.28. The van der Waals surface area contributed by atoms with Gasteiger partial charge in [0.25, 0.3) is 0 Å². The maximum absolute atomic E-state index is 12.4. The first-order valence-corrected chi connectivity index (χ1v) is 8.36. The molecule has 0 spiro atoms. The zero-order chi connectivity index (χ0) is 16.5. The van der Waals surface area contributed by atoms with Crippen LogP contribution in [0.1, 0.15) is 38.2 Å². The van der Waals surface area contributed by atoms with Crippen LogP contribution in [-0.4, -0.2) is 36.5 Å². The Bertz CT molecular complexity index is 539. The van der Waals surface area contributed by atoms with E-state index in [0.29, 0.717) is 26.0 Å². The molecule has 124 valence electrons. The van der Waals surface area contributed by atoms with Gasteiger partial charge in [-0.1, -0.05) is 49.4 Å². The number of hydrogen-bond acceptors (Lipinski definition) is 3. The van der Waals surface area contributed by atoms with Crippen LogP contribution in [0.15, 0.2) is 36.4 Å². The van der Waals surface area contributed by atoms with Crippen molar-refractivity contribution in [3.05, 3.63) is 42.0 Å². The number of rotatable bonds is 8. The van der Waals surface area contributed by atoms with Gasteiger partial charge in [-0.3, -0.25) is 9.59 Å². The van der Waals surface area contributed by atoms with Crippen molar-refractivity contribution in [1.82, 2.24) is 4.90 Å². The first-order chi connectivity index (χ1) is 11.2. The van der Waals surface area contributed by atoms with E-state index in [-0.39, 0.29) is 17.8 Å². The summed E-state index contributed by atoms with van der Waals surface area (Å²) < 4.78 is 4.94. The van der Waals surface area contributed by atoms with Gasteiger partial charge in [0, 0.05) is 19.5 Å². The molecule has 0 unspecified atom stereocenters. The Kier molecular flexibility index (Phi) is 6.85. The van der Waals surface area contributed by atoms with Crippen molar-refractivity contribution in [3.63, 3.8) is 0 Å². The number of nitrogens with zero attached hydrogens (tertiary/aromatic N) is 1. The maximum atomic E-state index is 12.4. The zero-order valence-corrected chi connectivity index (χ0v) is 13.7. The number of cyclic esters (lactones) is 1. The predicted molar refractivity (Wildman–Crippen MR) is 90.6 cm³/mol. The molecule has 0 aromatic heterocycles. The van der Waals surface area contributed by atoms with Crippen LogP contribution in [0.3, 0.4) is 0 Å². The average molecular weight is 315 g/mol. The Balaban J connectivity index is 1.83. The Morgan fingerprint density at radius 2 is 2.13 bits per heavy atom. The van der Waals surface area contributed by atoms with Gasteiger partial charge in [-0.05, 0) is 24.8 Å². The molecular weight excluding hydrogens is 290 g/mol. The van der Waals surface area contributed by atoms with Gasteiger partial charge in [0.05, 0.1) is 12.5 Å². The summed E-state index contributed by atoms with van der Waals surface area (Å²) in [6.07, 6.45) is 6.74. The van der Waals surface area contributed by atoms with Crippen molar-refractivity contribution in [2.24, 2.45) is 5.92 Å². The minimum absolute atomic E-state index is 0.0951. The van der Waals surface area contributed by atoms with Crippen LogP contribution in [-0.2, 0) is 14.3 Å². The van der Waals surface area contributed by atoms with Gasteiger partial charge < -0.3 is 9.64 Å². The van der Waals surface area contributed by atoms with Crippen LogP contribution >= 0.6 is 0 Å². The molecule has 2 rings (SSSR count). The van der Waals surface area contributed by atoms with E-state index in [1.165, 1.54) is 0 Å². The summed E-state index contributed by atoms with van der Waals surface area (Å²) in [4.78, 5) is 25.7. The lowest BCUT2D eigenvalue weighted by Crippen LogP contribution is -2.32. The third kappa shape index (κ3) is 5.55. The number of ether oxygens (including phenoxy) is 1. The van der Waals surface area contributed by atoms with Gasteiger partial charge in [-0.25, -0.2) is 0 Å². The SMILES string of the molecule is CCCN(C/C=C/c1ccccc1)C(=O)CC[C@@H]1CCOC1=O. The summed E-state index contributed by atoms with van der Waals surface area (Å²) in [5.74, 6) is -0.129. The van der Waals surface area contributed by atoms with Gasteiger partial charge in [0.1, 0.15) is 0 Å². The quantitative estimate of drug-likeness (QED) is 0.692. The largest absolute Gasteiger partial charge is 0.465 e. The molecule has 0 saturated carbocycles. The van der Waals surface area contributed by atoms with E-state index in [1.54, 1.807) is 0 Å². The number of esters is 1. The molecule has 0 bridgehead atoms. The van der Waals surface area contributed by atoms with Crippen molar-refractivity contribution in [3.8, 4) is 0 Å². The van der Waals surface area contributed by atoms with Crippen LogP contribution in [0.5, 0.6) is 0 Å². The number of hydrogen-bond donors (Lipinski definition) is 0. The molecule has 0 N–H and O–H groups in total. The van der Waals surface area contributed by atoms with Crippen molar-refractivity contribution >= 4 is 18.0 Å². The molecule has 1 atom stereocenters. The van der Waals surface area contributed by atoms with Crippen LogP contribution in [0.2, 0.25) is 0 Å². The highest BCUT2D eigenvalue weighted by molar-refractivity contribution is 5.78. The summed E-state index contributed by atoms with van der Waals surface area (Å²) >= 11 is 0. The molecule has 1 aliphatic heterocycles. The molecular formula is C19H25NO3. The highest BCUT2D eigenvalue weighted by Crippen LogP contribution is 2.20. The van der Waals surface area contributed by atoms with E-state index in [1.807, 2.05) is 47.4 Å². The summed E-state index contributed by atoms with van der Waals surface area (Å²) in [5, 5.41) is 0. The molecule has 0 radical (unpaired) electrons. The monoisotopic (exact) mass is 315 g/mol. The minimum Gasteiger partial charge on any atom is -0.465 e. The number of carbonyl (C=O) groups excluding carboxylic acids is 2. The number of benzene rings is 1. The lowest BCUT2D eigenvalue weighted by molar-refractivity contribution is -0.141. The first-order valence-electron chi connectivity index (χ1n) is 8.36. The third-order valence-corrected chi connectivity index (χ3v) is 4.03. The molecule has 1 aromatic carbocycles. The minimum atomic E-state index is -0.149. The Morgan fingerprint density at radius 1 is 1.35 bits per heavy atom. The van der Waals surface area contributed by atoms with Gasteiger partial charge in [-0.2, -0.15) is 0 Å². The van der Waals surface area contributed by atoms with E-state index in [0.717, 1.165) is 24.9 Å². The van der Waals surface area contributed by atoms with Gasteiger partial charge >= 0.3 is 5.97 Å². The van der Waals surface area contributed by atoms with Crippen LogP contribution < -0.4 is 0 Å². The van der Waals surface area contributed by atoms with Crippen molar-refractivity contribution in [1.29, 1.82) is 0 Å². The summed E-state index contributed by atoms with van der Waals surface area (Å²) in [5.41, 5.74) is 1.13. The Hall–Kier alpha value is -2.10. The Morgan fingerprint density at radius 3 is 2.78 bits per heavy atom. The van der Waals surface area contributed by atoms with Crippen LogP contribution in [0, 0.1) is 5.92 Å². The fourth-order valence-corrected chi connectivity index (χ4v) is 2.72. The van der Waals surface area contributed by atoms with E-state index < -0.39 is 0 Å². The van der Waals surface area contributed by atoms with Crippen molar-refractivity contribution in [2.45, 2.75) is 32.6 Å². The van der Waals surface area contributed by atoms with E-state index in [4.69, 9.17) is 4.74 Å². The highest BCUT2D eigenvalue weighted by Gasteiger charge is 2.27. The number of amides is 1. The van der Waals surface area contributed by atoms with E-state index in [9.17, 15) is 9.59 Å². The van der Waals surface area contributed by atoms with E-state index >= 15 is 0 Å². The molecule has 1 aliphatic rings. The van der Waals surface area contributed by atoms with Gasteiger partial charge in [-0.15, -0.1) is 0 Å². The fourth-order valence-electron chi connectivity index (χ4n) is 2.72. The second kappa shape index (κ2) is 9.13. The molecule has 1 fully saturated rings. The first kappa shape index (κ1) is 17.3. The smallest absolute Gasteiger partial charge is 0.309 e. The lowest BCUT2D eigenvalue weighted by Gasteiger charge is -2.21. The summed E-state index contributed by atoms with van der Waals surface area (Å²) in [6, 6.07) is 10.0.